The first-order valence-corrected chi connectivity index (χ1v) is 8.95. The van der Waals surface area contributed by atoms with Gasteiger partial charge in [-0.25, -0.2) is 0 Å². The van der Waals surface area contributed by atoms with Gasteiger partial charge in [-0.3, -0.25) is 4.79 Å². The van der Waals surface area contributed by atoms with Crippen molar-refractivity contribution in [2.75, 3.05) is 29.6 Å². The van der Waals surface area contributed by atoms with Gasteiger partial charge in [-0.15, -0.1) is 22.0 Å². The Morgan fingerprint density at radius 2 is 2.00 bits per heavy atom. The molecule has 8 heteroatoms. The van der Waals surface area contributed by atoms with E-state index in [-0.39, 0.29) is 11.9 Å². The van der Waals surface area contributed by atoms with E-state index in [0.29, 0.717) is 17.3 Å². The van der Waals surface area contributed by atoms with Crippen molar-refractivity contribution in [2.24, 2.45) is 0 Å². The molecule has 23 heavy (non-hydrogen) atoms. The van der Waals surface area contributed by atoms with E-state index < -0.39 is 0 Å². The number of H-pyrrole nitrogens is 1. The Morgan fingerprint density at radius 3 is 2.70 bits per heavy atom. The number of aromatic amines is 1. The second kappa shape index (κ2) is 6.19. The summed E-state index contributed by atoms with van der Waals surface area (Å²) in [6.07, 6.45) is 2.50. The highest BCUT2D eigenvalue weighted by molar-refractivity contribution is 7.99. The largest absolute Gasteiger partial charge is 0.372 e. The van der Waals surface area contributed by atoms with Crippen LogP contribution >= 0.6 is 11.8 Å². The molecule has 1 N–H and O–H groups in total. The second-order valence-electron chi connectivity index (χ2n) is 5.80. The molecule has 4 rings (SSSR count). The monoisotopic (exact) mass is 330 g/mol. The number of anilines is 1. The number of amides is 1. The minimum Gasteiger partial charge on any atom is -0.372 e. The normalized spacial score (nSPS) is 21.1. The molecule has 2 saturated heterocycles. The maximum atomic E-state index is 12.8. The van der Waals surface area contributed by atoms with E-state index in [1.165, 1.54) is 18.5 Å². The fourth-order valence-corrected chi connectivity index (χ4v) is 4.27. The molecule has 1 amide bonds. The molecule has 0 saturated carbocycles. The van der Waals surface area contributed by atoms with E-state index in [0.717, 1.165) is 18.8 Å². The number of hydrogen-bond acceptors (Lipinski definition) is 6. The minimum atomic E-state index is -0.107. The lowest BCUT2D eigenvalue weighted by molar-refractivity contribution is 0.0741. The van der Waals surface area contributed by atoms with Gasteiger partial charge in [0, 0.05) is 30.1 Å². The van der Waals surface area contributed by atoms with Crippen LogP contribution in [0, 0.1) is 0 Å². The van der Waals surface area contributed by atoms with Crippen LogP contribution in [-0.4, -0.2) is 56.2 Å². The van der Waals surface area contributed by atoms with Gasteiger partial charge in [-0.1, -0.05) is 5.21 Å². The van der Waals surface area contributed by atoms with Crippen molar-refractivity contribution in [3.63, 3.8) is 0 Å². The average Bonchev–Trinajstić information content (AvgIpc) is 3.35. The van der Waals surface area contributed by atoms with Crippen LogP contribution in [0.4, 0.5) is 5.69 Å². The molecule has 1 atom stereocenters. The zero-order chi connectivity index (χ0) is 15.6. The first-order chi connectivity index (χ1) is 11.3. The van der Waals surface area contributed by atoms with Crippen LogP contribution in [0.15, 0.2) is 24.3 Å². The van der Waals surface area contributed by atoms with Crippen molar-refractivity contribution in [1.29, 1.82) is 0 Å². The lowest BCUT2D eigenvalue weighted by Crippen LogP contribution is -2.31. The van der Waals surface area contributed by atoms with Crippen LogP contribution in [0.1, 0.15) is 35.1 Å². The predicted molar refractivity (Wildman–Crippen MR) is 88.3 cm³/mol. The summed E-state index contributed by atoms with van der Waals surface area (Å²) < 4.78 is 0. The number of aromatic nitrogens is 4. The third-order valence-corrected chi connectivity index (χ3v) is 5.40. The minimum absolute atomic E-state index is 0.0257. The molecule has 2 aliphatic heterocycles. The summed E-state index contributed by atoms with van der Waals surface area (Å²) in [5.74, 6) is 2.07. The van der Waals surface area contributed by atoms with Crippen molar-refractivity contribution < 1.29 is 4.79 Å². The van der Waals surface area contributed by atoms with Gasteiger partial charge >= 0.3 is 0 Å². The van der Waals surface area contributed by atoms with Crippen molar-refractivity contribution >= 4 is 23.4 Å². The number of carbonyl (C=O) groups is 1. The maximum absolute atomic E-state index is 12.8. The number of carbonyl (C=O) groups excluding carboxylic acids is 1. The average molecular weight is 330 g/mol. The Kier molecular flexibility index (Phi) is 3.90. The number of rotatable bonds is 3. The summed E-state index contributed by atoms with van der Waals surface area (Å²) in [6.45, 7) is 2.21. The number of tetrazole rings is 1. The van der Waals surface area contributed by atoms with Gasteiger partial charge in [0.25, 0.3) is 5.91 Å². The quantitative estimate of drug-likeness (QED) is 0.923. The molecule has 2 aliphatic rings. The zero-order valence-electron chi connectivity index (χ0n) is 12.7. The van der Waals surface area contributed by atoms with Gasteiger partial charge in [-0.05, 0) is 37.1 Å². The highest BCUT2D eigenvalue weighted by atomic mass is 32.2. The number of benzene rings is 1. The molecule has 1 aromatic heterocycles. The van der Waals surface area contributed by atoms with E-state index in [1.54, 1.807) is 11.8 Å². The molecule has 3 heterocycles. The van der Waals surface area contributed by atoms with Gasteiger partial charge in [-0.2, -0.15) is 5.21 Å². The second-order valence-corrected chi connectivity index (χ2v) is 6.80. The summed E-state index contributed by atoms with van der Waals surface area (Å²) in [6, 6.07) is 7.83. The van der Waals surface area contributed by atoms with Crippen molar-refractivity contribution in [2.45, 2.75) is 18.9 Å². The van der Waals surface area contributed by atoms with Gasteiger partial charge in [0.05, 0.1) is 5.88 Å². The molecular formula is C15H18N6OS. The van der Waals surface area contributed by atoms with Crippen LogP contribution in [0.3, 0.4) is 0 Å². The SMILES string of the molecule is O=C(c1ccc(N2CCCC2)cc1)N1CSCC1c1nn[nH]n1. The van der Waals surface area contributed by atoms with Crippen molar-refractivity contribution in [1.82, 2.24) is 25.5 Å². The Hall–Kier alpha value is -2.09. The lowest BCUT2D eigenvalue weighted by Gasteiger charge is -2.22. The molecule has 2 fully saturated rings. The Morgan fingerprint density at radius 1 is 1.22 bits per heavy atom. The molecule has 7 nitrogen and oxygen atoms in total. The van der Waals surface area contributed by atoms with Gasteiger partial charge in [0.1, 0.15) is 6.04 Å². The molecule has 0 spiro atoms. The molecule has 1 unspecified atom stereocenters. The number of nitrogens with one attached hydrogen (secondary N) is 1. The Labute approximate surface area is 138 Å². The first kappa shape index (κ1) is 14.5. The van der Waals surface area contributed by atoms with Crippen LogP contribution in [0.2, 0.25) is 0 Å². The van der Waals surface area contributed by atoms with Crippen LogP contribution in [0.5, 0.6) is 0 Å². The molecular weight excluding hydrogens is 312 g/mol. The first-order valence-electron chi connectivity index (χ1n) is 7.80. The fourth-order valence-electron chi connectivity index (χ4n) is 3.12. The van der Waals surface area contributed by atoms with E-state index in [2.05, 4.69) is 25.5 Å². The van der Waals surface area contributed by atoms with Crippen molar-refractivity contribution in [3.05, 3.63) is 35.7 Å². The van der Waals surface area contributed by atoms with E-state index in [1.807, 2.05) is 29.2 Å². The molecule has 2 aromatic rings. The summed E-state index contributed by atoms with van der Waals surface area (Å²) >= 11 is 1.71. The molecule has 0 radical (unpaired) electrons. The topological polar surface area (TPSA) is 78.0 Å². The van der Waals surface area contributed by atoms with Crippen LogP contribution < -0.4 is 4.90 Å². The number of nitrogens with zero attached hydrogens (tertiary/aromatic N) is 5. The van der Waals surface area contributed by atoms with Crippen LogP contribution in [-0.2, 0) is 0 Å². The number of thioether (sulfide) groups is 1. The maximum Gasteiger partial charge on any atom is 0.255 e. The lowest BCUT2D eigenvalue weighted by atomic mass is 10.1. The summed E-state index contributed by atoms with van der Waals surface area (Å²) in [7, 11) is 0. The van der Waals surface area contributed by atoms with Gasteiger partial charge in [0.15, 0.2) is 5.82 Å². The molecule has 120 valence electrons. The fraction of sp³-hybridized carbons (Fsp3) is 0.467. The standard InChI is InChI=1S/C15H18N6OS/c22-15(21-10-23-9-13(21)14-16-18-19-17-14)11-3-5-12(6-4-11)20-7-1-2-8-20/h3-6,13H,1-2,7-10H2,(H,16,17,18,19). The molecule has 0 bridgehead atoms. The van der Waals surface area contributed by atoms with E-state index >= 15 is 0 Å². The van der Waals surface area contributed by atoms with E-state index in [4.69, 9.17) is 0 Å². The van der Waals surface area contributed by atoms with Gasteiger partial charge < -0.3 is 9.80 Å². The Balaban J connectivity index is 1.51. The predicted octanol–water partition coefficient (Wildman–Crippen LogP) is 1.69. The van der Waals surface area contributed by atoms with Crippen molar-refractivity contribution in [3.8, 4) is 0 Å². The van der Waals surface area contributed by atoms with E-state index in [9.17, 15) is 4.79 Å². The molecule has 1 aromatic carbocycles. The third kappa shape index (κ3) is 2.78. The summed E-state index contributed by atoms with van der Waals surface area (Å²) in [4.78, 5) is 17.0. The third-order valence-electron chi connectivity index (χ3n) is 4.39. The Bertz CT molecular complexity index is 668. The molecule has 0 aliphatic carbocycles. The highest BCUT2D eigenvalue weighted by Gasteiger charge is 2.33. The van der Waals surface area contributed by atoms with Gasteiger partial charge in [0.2, 0.25) is 0 Å². The summed E-state index contributed by atoms with van der Waals surface area (Å²) in [5, 5.41) is 14.1. The highest BCUT2D eigenvalue weighted by Crippen LogP contribution is 2.32. The smallest absolute Gasteiger partial charge is 0.255 e. The summed E-state index contributed by atoms with van der Waals surface area (Å²) in [5.41, 5.74) is 1.91. The number of hydrogen-bond donors (Lipinski definition) is 1. The zero-order valence-corrected chi connectivity index (χ0v) is 13.5. The van der Waals surface area contributed by atoms with Crippen LogP contribution in [0.25, 0.3) is 0 Å².